The number of nitrogens with zero attached hydrogens (tertiary/aromatic N) is 2. The zero-order valence-corrected chi connectivity index (χ0v) is 13.2. The largest absolute Gasteiger partial charge is 0.488 e. The van der Waals surface area contributed by atoms with E-state index in [0.717, 1.165) is 27.7 Å². The lowest BCUT2D eigenvalue weighted by atomic mass is 9.87. The van der Waals surface area contributed by atoms with Gasteiger partial charge in [0.1, 0.15) is 18.1 Å². The van der Waals surface area contributed by atoms with Crippen LogP contribution in [0.2, 0.25) is 0 Å². The number of aromatic nitrogens is 3. The average molecular weight is 327 g/mol. The second-order valence-corrected chi connectivity index (χ2v) is 5.95. The van der Waals surface area contributed by atoms with Crippen molar-refractivity contribution in [3.63, 3.8) is 0 Å². The average Bonchev–Trinajstić information content (AvgIpc) is 3.10. The van der Waals surface area contributed by atoms with Gasteiger partial charge in [0.15, 0.2) is 5.78 Å². The van der Waals surface area contributed by atoms with Gasteiger partial charge < -0.3 is 4.74 Å². The predicted molar refractivity (Wildman–Crippen MR) is 93.5 cm³/mol. The van der Waals surface area contributed by atoms with Crippen molar-refractivity contribution in [1.29, 1.82) is 0 Å². The molecule has 4 aromatic rings. The van der Waals surface area contributed by atoms with E-state index in [-0.39, 0.29) is 5.78 Å². The van der Waals surface area contributed by atoms with E-state index in [9.17, 15) is 4.79 Å². The van der Waals surface area contributed by atoms with Crippen LogP contribution in [0, 0.1) is 0 Å². The Morgan fingerprint density at radius 1 is 0.960 bits per heavy atom. The van der Waals surface area contributed by atoms with Crippen molar-refractivity contribution in [3.8, 4) is 17.0 Å². The van der Waals surface area contributed by atoms with E-state index in [1.807, 2.05) is 48.5 Å². The number of hydrogen-bond acceptors (Lipinski definition) is 4. The van der Waals surface area contributed by atoms with Crippen molar-refractivity contribution >= 4 is 16.7 Å². The molecular formula is C20H13N3O2. The topological polar surface area (TPSA) is 67.9 Å². The van der Waals surface area contributed by atoms with Crippen LogP contribution >= 0.6 is 0 Å². The zero-order chi connectivity index (χ0) is 16.8. The van der Waals surface area contributed by atoms with Crippen LogP contribution in [0.5, 0.6) is 5.75 Å². The summed E-state index contributed by atoms with van der Waals surface area (Å²) in [5, 5.41) is 8.31. The van der Waals surface area contributed by atoms with Gasteiger partial charge in [-0.2, -0.15) is 5.10 Å². The molecule has 120 valence electrons. The summed E-state index contributed by atoms with van der Waals surface area (Å²) in [5.41, 5.74) is 4.71. The Kier molecular flexibility index (Phi) is 2.94. The monoisotopic (exact) mass is 327 g/mol. The number of pyridine rings is 1. The van der Waals surface area contributed by atoms with E-state index in [1.165, 1.54) is 0 Å². The summed E-state index contributed by atoms with van der Waals surface area (Å²) in [4.78, 5) is 17.1. The molecule has 0 saturated carbocycles. The van der Waals surface area contributed by atoms with Crippen LogP contribution in [-0.4, -0.2) is 21.0 Å². The lowest BCUT2D eigenvalue weighted by molar-refractivity contribution is 0.103. The van der Waals surface area contributed by atoms with Crippen LogP contribution in [-0.2, 0) is 6.61 Å². The summed E-state index contributed by atoms with van der Waals surface area (Å²) in [6.45, 7) is 0.379. The summed E-state index contributed by atoms with van der Waals surface area (Å²) >= 11 is 0. The Morgan fingerprint density at radius 3 is 2.64 bits per heavy atom. The molecular weight excluding hydrogens is 314 g/mol. The number of fused-ring (bicyclic) bond motifs is 2. The number of nitrogens with one attached hydrogen (secondary N) is 1. The first kappa shape index (κ1) is 13.9. The molecule has 0 radical (unpaired) electrons. The number of rotatable bonds is 3. The van der Waals surface area contributed by atoms with Crippen LogP contribution in [0.4, 0.5) is 0 Å². The number of carbonyl (C=O) groups is 1. The van der Waals surface area contributed by atoms with E-state index < -0.39 is 0 Å². The van der Waals surface area contributed by atoms with E-state index in [1.54, 1.807) is 12.4 Å². The summed E-state index contributed by atoms with van der Waals surface area (Å²) < 4.78 is 5.96. The minimum Gasteiger partial charge on any atom is -0.488 e. The van der Waals surface area contributed by atoms with E-state index in [2.05, 4.69) is 15.2 Å². The molecule has 2 aromatic heterocycles. The minimum atomic E-state index is -0.0279. The van der Waals surface area contributed by atoms with Gasteiger partial charge in [-0.05, 0) is 29.8 Å². The molecule has 1 N–H and O–H groups in total. The van der Waals surface area contributed by atoms with Gasteiger partial charge in [-0.15, -0.1) is 0 Å². The fraction of sp³-hybridized carbons (Fsp3) is 0.0500. The molecule has 25 heavy (non-hydrogen) atoms. The molecule has 2 aromatic carbocycles. The number of carbonyl (C=O) groups excluding carboxylic acids is 1. The van der Waals surface area contributed by atoms with Gasteiger partial charge in [-0.25, -0.2) is 0 Å². The molecule has 2 heterocycles. The lowest BCUT2D eigenvalue weighted by Gasteiger charge is -2.18. The molecule has 0 spiro atoms. The third kappa shape index (κ3) is 2.06. The summed E-state index contributed by atoms with van der Waals surface area (Å²) in [5.74, 6) is 0.546. The van der Waals surface area contributed by atoms with Crippen molar-refractivity contribution in [3.05, 3.63) is 77.6 Å². The molecule has 0 fully saturated rings. The number of benzene rings is 2. The van der Waals surface area contributed by atoms with Gasteiger partial charge in [0.05, 0.1) is 11.1 Å². The molecule has 0 bridgehead atoms. The Balaban J connectivity index is 1.63. The molecule has 0 aliphatic heterocycles. The first-order chi connectivity index (χ1) is 12.3. The predicted octanol–water partition coefficient (Wildman–Crippen LogP) is 3.75. The first-order valence-corrected chi connectivity index (χ1v) is 8.00. The van der Waals surface area contributed by atoms with Gasteiger partial charge in [-0.1, -0.05) is 24.3 Å². The summed E-state index contributed by atoms with van der Waals surface area (Å²) in [6.07, 6.45) is 3.45. The Morgan fingerprint density at radius 2 is 1.76 bits per heavy atom. The van der Waals surface area contributed by atoms with E-state index in [0.29, 0.717) is 23.5 Å². The fourth-order valence-electron chi connectivity index (χ4n) is 3.31. The second-order valence-electron chi connectivity index (χ2n) is 5.95. The lowest BCUT2D eigenvalue weighted by Crippen LogP contribution is -2.11. The highest BCUT2D eigenvalue weighted by Crippen LogP contribution is 2.41. The molecule has 0 amide bonds. The van der Waals surface area contributed by atoms with Crippen molar-refractivity contribution in [2.75, 3.05) is 0 Å². The van der Waals surface area contributed by atoms with Gasteiger partial charge in [0.2, 0.25) is 0 Å². The highest BCUT2D eigenvalue weighted by Gasteiger charge is 2.30. The normalized spacial score (nSPS) is 12.2. The Hall–Kier alpha value is -3.47. The summed E-state index contributed by atoms with van der Waals surface area (Å²) in [7, 11) is 0. The van der Waals surface area contributed by atoms with E-state index >= 15 is 0 Å². The third-order valence-electron chi connectivity index (χ3n) is 4.49. The molecule has 0 saturated heterocycles. The van der Waals surface area contributed by atoms with Gasteiger partial charge in [-0.3, -0.25) is 14.9 Å². The Labute approximate surface area is 143 Å². The number of ether oxygens (including phenoxy) is 1. The highest BCUT2D eigenvalue weighted by molar-refractivity contribution is 6.26. The van der Waals surface area contributed by atoms with Crippen molar-refractivity contribution < 1.29 is 9.53 Å². The maximum absolute atomic E-state index is 13.1. The second kappa shape index (κ2) is 5.27. The zero-order valence-electron chi connectivity index (χ0n) is 13.2. The van der Waals surface area contributed by atoms with E-state index in [4.69, 9.17) is 4.74 Å². The fourth-order valence-corrected chi connectivity index (χ4v) is 3.31. The maximum atomic E-state index is 13.1. The molecule has 0 unspecified atom stereocenters. The van der Waals surface area contributed by atoms with Crippen LogP contribution in [0.3, 0.4) is 0 Å². The molecule has 1 aliphatic rings. The van der Waals surface area contributed by atoms with Gasteiger partial charge in [0, 0.05) is 28.9 Å². The number of H-pyrrole nitrogens is 1. The smallest absolute Gasteiger partial charge is 0.198 e. The maximum Gasteiger partial charge on any atom is 0.198 e. The van der Waals surface area contributed by atoms with Crippen molar-refractivity contribution in [2.24, 2.45) is 0 Å². The number of aromatic amines is 1. The van der Waals surface area contributed by atoms with Crippen molar-refractivity contribution in [2.45, 2.75) is 6.61 Å². The van der Waals surface area contributed by atoms with Gasteiger partial charge >= 0.3 is 0 Å². The quantitative estimate of drug-likeness (QED) is 0.548. The standard InChI is InChI=1S/C20H13N3O2/c24-20-14-4-1-5-15-17(14)19(23-22-15)13-3-2-6-16(18(13)20)25-11-12-7-9-21-10-8-12/h1-10H,11H2,(H,22,23). The first-order valence-electron chi connectivity index (χ1n) is 8.00. The number of hydrogen-bond donors (Lipinski definition) is 1. The van der Waals surface area contributed by atoms with Crippen LogP contribution in [0.25, 0.3) is 22.2 Å². The highest BCUT2D eigenvalue weighted by atomic mass is 16.5. The molecule has 5 nitrogen and oxygen atoms in total. The Bertz CT molecular complexity index is 1120. The SMILES string of the molecule is O=C1c2c(OCc3ccncc3)cccc2-c2n[nH]c3cccc1c23. The molecule has 1 aliphatic carbocycles. The number of ketones is 1. The molecule has 5 rings (SSSR count). The van der Waals surface area contributed by atoms with Crippen LogP contribution in [0.1, 0.15) is 21.5 Å². The molecule has 5 heteroatoms. The van der Waals surface area contributed by atoms with Crippen molar-refractivity contribution in [1.82, 2.24) is 15.2 Å². The molecule has 0 atom stereocenters. The summed E-state index contributed by atoms with van der Waals surface area (Å²) in [6, 6.07) is 15.1. The van der Waals surface area contributed by atoms with Crippen LogP contribution in [0.15, 0.2) is 60.9 Å². The minimum absolute atomic E-state index is 0.0279. The van der Waals surface area contributed by atoms with Crippen LogP contribution < -0.4 is 4.74 Å². The third-order valence-corrected chi connectivity index (χ3v) is 4.49. The van der Waals surface area contributed by atoms with Gasteiger partial charge in [0.25, 0.3) is 0 Å².